The second kappa shape index (κ2) is 13.9. The van der Waals surface area contributed by atoms with Gasteiger partial charge < -0.3 is 24.8 Å². The average Bonchev–Trinajstić information content (AvgIpc) is 3.38. The topological polar surface area (TPSA) is 120 Å². The van der Waals surface area contributed by atoms with Gasteiger partial charge in [-0.1, -0.05) is 63.9 Å². The van der Waals surface area contributed by atoms with Gasteiger partial charge in [-0.3, -0.25) is 4.90 Å². The summed E-state index contributed by atoms with van der Waals surface area (Å²) >= 11 is 9.06. The Morgan fingerprint density at radius 1 is 1.11 bits per heavy atom. The maximum atomic E-state index is 14.1. The fourth-order valence-electron chi connectivity index (χ4n) is 5.87. The van der Waals surface area contributed by atoms with Crippen molar-refractivity contribution in [1.29, 1.82) is 0 Å². The molecule has 0 bridgehead atoms. The van der Waals surface area contributed by atoms with Gasteiger partial charge in [-0.05, 0) is 49.3 Å². The molecule has 2 fully saturated rings. The second-order valence-corrected chi connectivity index (χ2v) is 12.5. The van der Waals surface area contributed by atoms with E-state index in [2.05, 4.69) is 25.9 Å². The molecule has 0 aliphatic carbocycles. The fraction of sp³-hybridized carbons (Fsp3) is 0.419. The number of likely N-dealkylation sites (tertiary alicyclic amines) is 1. The van der Waals surface area contributed by atoms with Gasteiger partial charge in [0.05, 0.1) is 6.61 Å². The molecule has 2 aromatic carbocycles. The summed E-state index contributed by atoms with van der Waals surface area (Å²) in [4.78, 5) is 37.5. The van der Waals surface area contributed by atoms with Crippen LogP contribution in [0.15, 0.2) is 59.1 Å². The smallest absolute Gasteiger partial charge is 0.429 e. The highest BCUT2D eigenvalue weighted by molar-refractivity contribution is 9.10. The van der Waals surface area contributed by atoms with Crippen molar-refractivity contribution in [2.75, 3.05) is 36.9 Å². The standard InChI is InChI=1S/C31H32BrClF3N5O5/c1-2-44-27(42)23-16-30(18-41(23)29(43)45-17-19-6-4-3-5-7-19)10-12-40(13-11-30)24-15-25(39-28(37)38-24)46-26(31(34,35)36)21-9-8-20(33)14-22(21)32/h3-9,14-15,23,26H,2,10-13,16-18H2,1H3,(H2,37,38,39)/t23-,26+/m0/s1. The van der Waals surface area contributed by atoms with Gasteiger partial charge in [0.1, 0.15) is 18.5 Å². The molecular formula is C31H32BrClF3N5O5. The Morgan fingerprint density at radius 3 is 2.48 bits per heavy atom. The maximum absolute atomic E-state index is 14.1. The number of aromatic nitrogens is 2. The highest BCUT2D eigenvalue weighted by Gasteiger charge is 2.51. The molecule has 246 valence electrons. The number of nitrogens with two attached hydrogens (primary N) is 1. The summed E-state index contributed by atoms with van der Waals surface area (Å²) < 4.78 is 58.7. The first kappa shape index (κ1) is 33.6. The van der Waals surface area contributed by atoms with Gasteiger partial charge in [-0.2, -0.15) is 23.1 Å². The normalized spacial score (nSPS) is 18.3. The number of piperidine rings is 1. The lowest BCUT2D eigenvalue weighted by Crippen LogP contribution is -2.43. The molecule has 1 aromatic heterocycles. The number of anilines is 2. The Labute approximate surface area is 277 Å². The summed E-state index contributed by atoms with van der Waals surface area (Å²) in [7, 11) is 0. The third-order valence-electron chi connectivity index (χ3n) is 8.14. The molecule has 1 spiro atoms. The number of nitrogens with zero attached hydrogens (tertiary/aromatic N) is 4. The van der Waals surface area contributed by atoms with Gasteiger partial charge in [0, 0.05) is 40.8 Å². The first-order valence-corrected chi connectivity index (χ1v) is 15.8. The van der Waals surface area contributed by atoms with Crippen molar-refractivity contribution in [1.82, 2.24) is 14.9 Å². The molecule has 2 N–H and O–H groups in total. The SMILES string of the molecule is CCOC(=O)[C@@H]1CC2(CCN(c3cc(O[C@H](c4ccc(Cl)cc4Br)C(F)(F)F)nc(N)n3)CC2)CN1C(=O)OCc1ccccc1. The number of rotatable bonds is 8. The van der Waals surface area contributed by atoms with E-state index in [0.717, 1.165) is 5.56 Å². The summed E-state index contributed by atoms with van der Waals surface area (Å²) in [6, 6.07) is 13.7. The first-order valence-electron chi connectivity index (χ1n) is 14.6. The summed E-state index contributed by atoms with van der Waals surface area (Å²) in [5.41, 5.74) is 6.15. The molecule has 0 unspecified atom stereocenters. The van der Waals surface area contributed by atoms with Crippen LogP contribution in [-0.4, -0.2) is 65.4 Å². The summed E-state index contributed by atoms with van der Waals surface area (Å²) in [6.45, 7) is 3.10. The van der Waals surface area contributed by atoms with Crippen molar-refractivity contribution in [2.24, 2.45) is 5.41 Å². The van der Waals surface area contributed by atoms with Gasteiger partial charge in [-0.15, -0.1) is 0 Å². The van der Waals surface area contributed by atoms with Crippen LogP contribution in [0.1, 0.15) is 43.4 Å². The molecule has 0 radical (unpaired) electrons. The number of benzene rings is 2. The zero-order chi connectivity index (χ0) is 33.1. The van der Waals surface area contributed by atoms with E-state index in [0.29, 0.717) is 44.7 Å². The summed E-state index contributed by atoms with van der Waals surface area (Å²) in [5.74, 6) is -0.787. The minimum Gasteiger partial charge on any atom is -0.464 e. The zero-order valence-corrected chi connectivity index (χ0v) is 27.1. The van der Waals surface area contributed by atoms with Gasteiger partial charge >= 0.3 is 18.2 Å². The van der Waals surface area contributed by atoms with Crippen molar-refractivity contribution >= 4 is 51.4 Å². The van der Waals surface area contributed by atoms with Crippen LogP contribution >= 0.6 is 27.5 Å². The Bertz CT molecular complexity index is 1560. The van der Waals surface area contributed by atoms with Crippen molar-refractivity contribution in [2.45, 2.75) is 51.1 Å². The lowest BCUT2D eigenvalue weighted by Gasteiger charge is -2.39. The van der Waals surface area contributed by atoms with Crippen molar-refractivity contribution in [3.8, 4) is 5.88 Å². The highest BCUT2D eigenvalue weighted by atomic mass is 79.9. The minimum atomic E-state index is -4.78. The molecule has 15 heteroatoms. The highest BCUT2D eigenvalue weighted by Crippen LogP contribution is 2.45. The lowest BCUT2D eigenvalue weighted by atomic mass is 9.76. The number of carbonyl (C=O) groups excluding carboxylic acids is 2. The molecule has 2 aliphatic rings. The minimum absolute atomic E-state index is 0.0657. The molecule has 2 aliphatic heterocycles. The van der Waals surface area contributed by atoms with Gasteiger partial charge in [0.25, 0.3) is 0 Å². The number of hydrogen-bond acceptors (Lipinski definition) is 9. The van der Waals surface area contributed by atoms with Crippen LogP contribution in [0.25, 0.3) is 0 Å². The van der Waals surface area contributed by atoms with E-state index >= 15 is 0 Å². The van der Waals surface area contributed by atoms with Gasteiger partial charge in [0.2, 0.25) is 17.9 Å². The number of esters is 1. The Hall–Kier alpha value is -3.78. The van der Waals surface area contributed by atoms with E-state index in [1.165, 1.54) is 29.2 Å². The third kappa shape index (κ3) is 7.77. The first-order chi connectivity index (χ1) is 21.9. The molecule has 46 heavy (non-hydrogen) atoms. The molecule has 1 amide bonds. The van der Waals surface area contributed by atoms with Crippen LogP contribution in [0.5, 0.6) is 5.88 Å². The van der Waals surface area contributed by atoms with E-state index in [1.54, 1.807) is 6.92 Å². The van der Waals surface area contributed by atoms with E-state index in [4.69, 9.17) is 31.5 Å². The maximum Gasteiger partial charge on any atom is 0.429 e. The Morgan fingerprint density at radius 2 is 1.83 bits per heavy atom. The molecular weight excluding hydrogens is 695 g/mol. The number of amides is 1. The number of hydrogen-bond donors (Lipinski definition) is 1. The average molecular weight is 727 g/mol. The van der Waals surface area contributed by atoms with Crippen LogP contribution in [0.2, 0.25) is 5.02 Å². The quantitative estimate of drug-likeness (QED) is 0.253. The molecule has 3 aromatic rings. The molecule has 0 saturated carbocycles. The Kier molecular flexibility index (Phi) is 10.2. The Balaban J connectivity index is 1.29. The molecule has 10 nitrogen and oxygen atoms in total. The fourth-order valence-corrected chi connectivity index (χ4v) is 6.76. The van der Waals surface area contributed by atoms with Crippen molar-refractivity contribution in [3.63, 3.8) is 0 Å². The molecule has 2 saturated heterocycles. The number of alkyl halides is 3. The van der Waals surface area contributed by atoms with Crippen molar-refractivity contribution < 1.29 is 37.0 Å². The number of carbonyl (C=O) groups is 2. The monoisotopic (exact) mass is 725 g/mol. The van der Waals surface area contributed by atoms with E-state index < -0.39 is 35.8 Å². The van der Waals surface area contributed by atoms with Crippen LogP contribution in [-0.2, 0) is 20.9 Å². The third-order valence-corrected chi connectivity index (χ3v) is 9.06. The van der Waals surface area contributed by atoms with Gasteiger partial charge in [-0.25, -0.2) is 9.59 Å². The van der Waals surface area contributed by atoms with E-state index in [9.17, 15) is 22.8 Å². The van der Waals surface area contributed by atoms with Crippen LogP contribution in [0.3, 0.4) is 0 Å². The van der Waals surface area contributed by atoms with E-state index in [-0.39, 0.29) is 40.1 Å². The van der Waals surface area contributed by atoms with E-state index in [1.807, 2.05) is 35.2 Å². The predicted octanol–water partition coefficient (Wildman–Crippen LogP) is 6.72. The summed E-state index contributed by atoms with van der Waals surface area (Å²) in [5, 5.41) is 0.260. The lowest BCUT2D eigenvalue weighted by molar-refractivity contribution is -0.198. The number of halogens is 5. The number of nitrogen functional groups attached to an aromatic ring is 1. The largest absolute Gasteiger partial charge is 0.464 e. The van der Waals surface area contributed by atoms with Crippen LogP contribution < -0.4 is 15.4 Å². The molecule has 2 atom stereocenters. The van der Waals surface area contributed by atoms with Crippen LogP contribution in [0.4, 0.5) is 29.7 Å². The zero-order valence-electron chi connectivity index (χ0n) is 24.8. The van der Waals surface area contributed by atoms with Gasteiger partial charge in [0.15, 0.2) is 0 Å². The second-order valence-electron chi connectivity index (χ2n) is 11.3. The molecule has 3 heterocycles. The van der Waals surface area contributed by atoms with Crippen molar-refractivity contribution in [3.05, 3.63) is 75.2 Å². The summed E-state index contributed by atoms with van der Waals surface area (Å²) in [6.07, 6.45) is -6.21. The predicted molar refractivity (Wildman–Crippen MR) is 167 cm³/mol. The molecule has 5 rings (SSSR count). The van der Waals surface area contributed by atoms with Crippen LogP contribution in [0, 0.1) is 5.41 Å². The number of ether oxygens (including phenoxy) is 3.